The second-order valence-electron chi connectivity index (χ2n) is 2.90. The summed E-state index contributed by atoms with van der Waals surface area (Å²) in [6.07, 6.45) is 1.50. The molecule has 0 aromatic carbocycles. The lowest BCUT2D eigenvalue weighted by atomic mass is 10.3. The van der Waals surface area contributed by atoms with Crippen LogP contribution in [0, 0.1) is 0 Å². The first kappa shape index (κ1) is 15.4. The van der Waals surface area contributed by atoms with Crippen molar-refractivity contribution in [3.05, 3.63) is 10.4 Å². The highest BCUT2D eigenvalue weighted by Gasteiger charge is 2.21. The topological polar surface area (TPSA) is 96.3 Å². The van der Waals surface area contributed by atoms with Gasteiger partial charge in [0, 0.05) is 18.0 Å². The van der Waals surface area contributed by atoms with Gasteiger partial charge in [-0.05, 0) is 32.2 Å². The van der Waals surface area contributed by atoms with E-state index in [1.807, 2.05) is 0 Å². The van der Waals surface area contributed by atoms with Gasteiger partial charge in [0.1, 0.15) is 0 Å². The van der Waals surface area contributed by atoms with Crippen LogP contribution in [0.5, 0.6) is 0 Å². The van der Waals surface area contributed by atoms with E-state index in [0.29, 0.717) is 26.3 Å². The summed E-state index contributed by atoms with van der Waals surface area (Å²) in [5, 5.41) is 6.15. The monoisotopic (exact) mass is 250 g/mol. The Morgan fingerprint density at radius 3 is 2.44 bits per heavy atom. The number of hydrogen-bond acceptors (Lipinski definition) is 4. The van der Waals surface area contributed by atoms with E-state index >= 15 is 0 Å². The Balaban J connectivity index is 3.76. The van der Waals surface area contributed by atoms with Crippen molar-refractivity contribution in [1.82, 2.24) is 5.09 Å². The fraction of sp³-hybridized carbons (Fsp3) is 1.00. The Hall–Kier alpha value is -0.580. The van der Waals surface area contributed by atoms with Gasteiger partial charge in [-0.15, -0.1) is 0 Å². The van der Waals surface area contributed by atoms with Crippen LogP contribution in [0.15, 0.2) is 5.11 Å². The maximum Gasteiger partial charge on any atom is 0.405 e. The van der Waals surface area contributed by atoms with Crippen LogP contribution in [0.2, 0.25) is 0 Å². The molecule has 0 spiro atoms. The zero-order chi connectivity index (χ0) is 12.3. The van der Waals surface area contributed by atoms with Gasteiger partial charge in [0.2, 0.25) is 0 Å². The quantitative estimate of drug-likeness (QED) is 0.212. The molecule has 0 aromatic rings. The lowest BCUT2D eigenvalue weighted by Crippen LogP contribution is -2.16. The first-order valence-electron chi connectivity index (χ1n) is 5.33. The number of hydrogen-bond donors (Lipinski definition) is 1. The number of unbranched alkanes of at least 4 members (excludes halogenated alkanes) is 1. The van der Waals surface area contributed by atoms with E-state index in [0.717, 1.165) is 12.8 Å². The molecule has 0 saturated carbocycles. The van der Waals surface area contributed by atoms with Crippen LogP contribution in [0.25, 0.3) is 10.4 Å². The Morgan fingerprint density at radius 1 is 1.31 bits per heavy atom. The molecule has 0 atom stereocenters. The lowest BCUT2D eigenvalue weighted by Gasteiger charge is -2.17. The molecule has 0 bridgehead atoms. The number of rotatable bonds is 10. The zero-order valence-electron chi connectivity index (χ0n) is 9.76. The Labute approximate surface area is 95.7 Å². The van der Waals surface area contributed by atoms with E-state index < -0.39 is 7.75 Å². The largest absolute Gasteiger partial charge is 0.405 e. The Morgan fingerprint density at radius 2 is 1.94 bits per heavy atom. The minimum Gasteiger partial charge on any atom is -0.297 e. The van der Waals surface area contributed by atoms with E-state index in [4.69, 9.17) is 14.6 Å². The molecule has 0 amide bonds. The van der Waals surface area contributed by atoms with Gasteiger partial charge < -0.3 is 0 Å². The van der Waals surface area contributed by atoms with Crippen LogP contribution < -0.4 is 5.09 Å². The average molecular weight is 250 g/mol. The maximum atomic E-state index is 11.9. The van der Waals surface area contributed by atoms with Crippen molar-refractivity contribution >= 4 is 7.75 Å². The van der Waals surface area contributed by atoms with Crippen molar-refractivity contribution in [1.29, 1.82) is 0 Å². The van der Waals surface area contributed by atoms with Gasteiger partial charge in [-0.25, -0.2) is 9.65 Å². The minimum atomic E-state index is -3.13. The molecule has 0 radical (unpaired) electrons. The molecular formula is C8H19N4O3P. The van der Waals surface area contributed by atoms with E-state index in [-0.39, 0.29) is 0 Å². The van der Waals surface area contributed by atoms with Crippen LogP contribution in [0.4, 0.5) is 0 Å². The van der Waals surface area contributed by atoms with Crippen molar-refractivity contribution in [2.45, 2.75) is 26.7 Å². The highest BCUT2D eigenvalue weighted by molar-refractivity contribution is 7.51. The van der Waals surface area contributed by atoms with Gasteiger partial charge in [-0.2, -0.15) is 0 Å². The predicted molar refractivity (Wildman–Crippen MR) is 62.1 cm³/mol. The van der Waals surface area contributed by atoms with Crippen LogP contribution >= 0.6 is 7.75 Å². The van der Waals surface area contributed by atoms with Crippen LogP contribution in [0.3, 0.4) is 0 Å². The van der Waals surface area contributed by atoms with Crippen LogP contribution in [0.1, 0.15) is 26.7 Å². The predicted octanol–water partition coefficient (Wildman–Crippen LogP) is 2.85. The molecule has 0 heterocycles. The Kier molecular flexibility index (Phi) is 9.28. The third kappa shape index (κ3) is 7.68. The molecule has 0 aliphatic carbocycles. The highest BCUT2D eigenvalue weighted by Crippen LogP contribution is 2.43. The standard InChI is InChI=1S/C8H19N4O3P/c1-3-14-16(13,15-4-2)11-8-6-5-7-10-12-9/h3-8H2,1-2H3,(H,11,13). The molecular weight excluding hydrogens is 231 g/mol. The summed E-state index contributed by atoms with van der Waals surface area (Å²) in [6.45, 7) is 5.15. The van der Waals surface area contributed by atoms with E-state index in [9.17, 15) is 4.57 Å². The van der Waals surface area contributed by atoms with Crippen molar-refractivity contribution in [2.75, 3.05) is 26.3 Å². The summed E-state index contributed by atoms with van der Waals surface area (Å²) in [5.41, 5.74) is 8.05. The smallest absolute Gasteiger partial charge is 0.297 e. The van der Waals surface area contributed by atoms with E-state index in [2.05, 4.69) is 15.1 Å². The molecule has 7 nitrogen and oxygen atoms in total. The molecule has 94 valence electrons. The van der Waals surface area contributed by atoms with Crippen molar-refractivity contribution < 1.29 is 13.6 Å². The molecule has 8 heteroatoms. The second-order valence-corrected chi connectivity index (χ2v) is 4.73. The van der Waals surface area contributed by atoms with Gasteiger partial charge >= 0.3 is 7.75 Å². The zero-order valence-corrected chi connectivity index (χ0v) is 10.7. The minimum absolute atomic E-state index is 0.336. The van der Waals surface area contributed by atoms with Gasteiger partial charge in [-0.1, -0.05) is 5.11 Å². The Bertz CT molecular complexity index is 258. The summed E-state index contributed by atoms with van der Waals surface area (Å²) in [4.78, 5) is 2.64. The summed E-state index contributed by atoms with van der Waals surface area (Å²) < 4.78 is 21.9. The molecule has 0 saturated heterocycles. The van der Waals surface area contributed by atoms with Crippen molar-refractivity contribution in [3.8, 4) is 0 Å². The van der Waals surface area contributed by atoms with Crippen LogP contribution in [-0.4, -0.2) is 26.3 Å². The molecule has 0 aliphatic rings. The van der Waals surface area contributed by atoms with Gasteiger partial charge in [0.25, 0.3) is 0 Å². The molecule has 0 rings (SSSR count). The molecule has 0 aromatic heterocycles. The SMILES string of the molecule is CCOP(=O)(NCCCCN=[N+]=[N-])OCC. The second kappa shape index (κ2) is 9.63. The molecule has 0 fully saturated rings. The molecule has 1 N–H and O–H groups in total. The number of nitrogens with one attached hydrogen (secondary N) is 1. The lowest BCUT2D eigenvalue weighted by molar-refractivity contribution is 0.210. The summed E-state index contributed by atoms with van der Waals surface area (Å²) in [7, 11) is -3.13. The third-order valence-electron chi connectivity index (χ3n) is 1.65. The first-order chi connectivity index (χ1) is 7.68. The van der Waals surface area contributed by atoms with Gasteiger partial charge in [0.15, 0.2) is 0 Å². The number of nitrogens with zero attached hydrogens (tertiary/aromatic N) is 3. The normalized spacial score (nSPS) is 11.1. The first-order valence-corrected chi connectivity index (χ1v) is 6.88. The molecule has 0 unspecified atom stereocenters. The van der Waals surface area contributed by atoms with E-state index in [1.54, 1.807) is 13.8 Å². The van der Waals surface area contributed by atoms with Crippen molar-refractivity contribution in [3.63, 3.8) is 0 Å². The summed E-state index contributed by atoms with van der Waals surface area (Å²) in [6, 6.07) is 0. The summed E-state index contributed by atoms with van der Waals surface area (Å²) in [5.74, 6) is 0. The van der Waals surface area contributed by atoms with Crippen LogP contribution in [-0.2, 0) is 13.6 Å². The highest BCUT2D eigenvalue weighted by atomic mass is 31.2. The maximum absolute atomic E-state index is 11.9. The van der Waals surface area contributed by atoms with E-state index in [1.165, 1.54) is 0 Å². The van der Waals surface area contributed by atoms with Crippen molar-refractivity contribution in [2.24, 2.45) is 5.11 Å². The summed E-state index contributed by atoms with van der Waals surface area (Å²) >= 11 is 0. The third-order valence-corrected chi connectivity index (χ3v) is 3.46. The van der Waals surface area contributed by atoms with Gasteiger partial charge in [0.05, 0.1) is 13.2 Å². The number of azide groups is 1. The average Bonchev–Trinajstić information content (AvgIpc) is 2.24. The molecule has 16 heavy (non-hydrogen) atoms. The fourth-order valence-electron chi connectivity index (χ4n) is 1.04. The fourth-order valence-corrected chi connectivity index (χ4v) is 2.41. The molecule has 0 aliphatic heterocycles. The van der Waals surface area contributed by atoms with Gasteiger partial charge in [-0.3, -0.25) is 9.05 Å².